The highest BCUT2D eigenvalue weighted by atomic mass is 16.4. The minimum Gasteiger partial charge on any atom is -0.444 e. The van der Waals surface area contributed by atoms with Gasteiger partial charge in [-0.05, 0) is 46.2 Å². The van der Waals surface area contributed by atoms with Crippen LogP contribution in [-0.2, 0) is 4.79 Å². The number of likely N-dealkylation sites (tertiary alicyclic amines) is 1. The largest absolute Gasteiger partial charge is 0.444 e. The number of piperidine rings is 1. The maximum atomic E-state index is 12.7. The van der Waals surface area contributed by atoms with Gasteiger partial charge in [0, 0.05) is 29.9 Å². The standard InChI is InChI=1S/C18H23N5O2/c1-11-13(3)25-18(15(11)9-19)21-17(24)12(2)23-8-4-5-14(10-23)16-6-7-20-22-16/h6-7,12,14H,4-5,8,10H2,1-3H3,(H,20,22)(H,21,24)/t12-,14+/m0/s1. The molecule has 132 valence electrons. The molecule has 3 rings (SSSR count). The van der Waals surface area contributed by atoms with Crippen LogP contribution in [0.25, 0.3) is 0 Å². The molecule has 2 atom stereocenters. The average molecular weight is 341 g/mol. The molecule has 1 saturated heterocycles. The molecule has 25 heavy (non-hydrogen) atoms. The minimum absolute atomic E-state index is 0.157. The third-order valence-corrected chi connectivity index (χ3v) is 5.08. The van der Waals surface area contributed by atoms with Gasteiger partial charge in [0.15, 0.2) is 0 Å². The summed E-state index contributed by atoms with van der Waals surface area (Å²) in [6, 6.07) is 3.79. The van der Waals surface area contributed by atoms with Crippen molar-refractivity contribution in [2.75, 3.05) is 18.4 Å². The van der Waals surface area contributed by atoms with Crippen LogP contribution in [0.2, 0.25) is 0 Å². The van der Waals surface area contributed by atoms with Gasteiger partial charge >= 0.3 is 0 Å². The molecular formula is C18H23N5O2. The summed E-state index contributed by atoms with van der Waals surface area (Å²) in [5.74, 6) is 1.10. The summed E-state index contributed by atoms with van der Waals surface area (Å²) >= 11 is 0. The molecule has 0 bridgehead atoms. The third kappa shape index (κ3) is 3.44. The SMILES string of the molecule is Cc1oc(NC(=O)[C@H](C)N2CCC[C@@H](c3ccn[nH]3)C2)c(C#N)c1C. The lowest BCUT2D eigenvalue weighted by atomic mass is 9.94. The van der Waals surface area contributed by atoms with Crippen LogP contribution >= 0.6 is 0 Å². The van der Waals surface area contributed by atoms with E-state index in [1.54, 1.807) is 13.1 Å². The Hall–Kier alpha value is -2.59. The molecule has 0 saturated carbocycles. The Kier molecular flexibility index (Phi) is 4.91. The van der Waals surface area contributed by atoms with Gasteiger partial charge in [0.2, 0.25) is 11.8 Å². The highest BCUT2D eigenvalue weighted by Gasteiger charge is 2.29. The Morgan fingerprint density at radius 1 is 1.56 bits per heavy atom. The second-order valence-electron chi connectivity index (χ2n) is 6.61. The Balaban J connectivity index is 1.68. The topological polar surface area (TPSA) is 97.9 Å². The van der Waals surface area contributed by atoms with Crippen molar-refractivity contribution >= 4 is 11.8 Å². The quantitative estimate of drug-likeness (QED) is 0.891. The van der Waals surface area contributed by atoms with E-state index in [1.165, 1.54) is 0 Å². The summed E-state index contributed by atoms with van der Waals surface area (Å²) in [6.45, 7) is 7.17. The van der Waals surface area contributed by atoms with E-state index in [1.807, 2.05) is 19.9 Å². The number of aromatic amines is 1. The van der Waals surface area contributed by atoms with E-state index >= 15 is 0 Å². The van der Waals surface area contributed by atoms with Gasteiger partial charge in [0.25, 0.3) is 0 Å². The van der Waals surface area contributed by atoms with Crippen molar-refractivity contribution in [3.8, 4) is 6.07 Å². The lowest BCUT2D eigenvalue weighted by Crippen LogP contribution is -2.46. The van der Waals surface area contributed by atoms with Crippen LogP contribution in [0, 0.1) is 25.2 Å². The molecule has 0 unspecified atom stereocenters. The Morgan fingerprint density at radius 3 is 3.04 bits per heavy atom. The summed E-state index contributed by atoms with van der Waals surface area (Å²) in [5.41, 5.74) is 2.27. The summed E-state index contributed by atoms with van der Waals surface area (Å²) in [7, 11) is 0. The van der Waals surface area contributed by atoms with Crippen LogP contribution < -0.4 is 5.32 Å². The van der Waals surface area contributed by atoms with Gasteiger partial charge in [-0.15, -0.1) is 0 Å². The van der Waals surface area contributed by atoms with Crippen molar-refractivity contribution in [3.05, 3.63) is 34.8 Å². The summed E-state index contributed by atoms with van der Waals surface area (Å²) in [4.78, 5) is 14.8. The van der Waals surface area contributed by atoms with Gasteiger partial charge in [-0.1, -0.05) is 0 Å². The fourth-order valence-corrected chi connectivity index (χ4v) is 3.34. The van der Waals surface area contributed by atoms with Crippen LogP contribution in [0.4, 0.5) is 5.88 Å². The zero-order valence-corrected chi connectivity index (χ0v) is 14.8. The number of H-pyrrole nitrogens is 1. The number of nitriles is 1. The van der Waals surface area contributed by atoms with Crippen LogP contribution in [-0.4, -0.2) is 40.1 Å². The van der Waals surface area contributed by atoms with Gasteiger partial charge in [0.05, 0.1) is 6.04 Å². The second-order valence-corrected chi connectivity index (χ2v) is 6.61. The van der Waals surface area contributed by atoms with Crippen LogP contribution in [0.1, 0.15) is 48.3 Å². The number of aryl methyl sites for hydroxylation is 1. The fraction of sp³-hybridized carbons (Fsp3) is 0.500. The van der Waals surface area contributed by atoms with Gasteiger partial charge in [-0.2, -0.15) is 10.4 Å². The molecule has 1 aliphatic heterocycles. The number of hydrogen-bond donors (Lipinski definition) is 2. The fourth-order valence-electron chi connectivity index (χ4n) is 3.34. The summed E-state index contributed by atoms with van der Waals surface area (Å²) < 4.78 is 5.54. The molecular weight excluding hydrogens is 318 g/mol. The number of nitrogens with zero attached hydrogens (tertiary/aromatic N) is 3. The first-order valence-electron chi connectivity index (χ1n) is 8.55. The van der Waals surface area contributed by atoms with Crippen molar-refractivity contribution in [1.29, 1.82) is 5.26 Å². The first-order valence-corrected chi connectivity index (χ1v) is 8.55. The van der Waals surface area contributed by atoms with E-state index in [9.17, 15) is 10.1 Å². The Bertz CT molecular complexity index is 787. The van der Waals surface area contributed by atoms with E-state index in [2.05, 4.69) is 26.5 Å². The van der Waals surface area contributed by atoms with Crippen molar-refractivity contribution in [3.63, 3.8) is 0 Å². The predicted molar refractivity (Wildman–Crippen MR) is 93.1 cm³/mol. The maximum absolute atomic E-state index is 12.7. The summed E-state index contributed by atoms with van der Waals surface area (Å²) in [5, 5.41) is 19.1. The molecule has 0 spiro atoms. The zero-order valence-electron chi connectivity index (χ0n) is 14.8. The number of aromatic nitrogens is 2. The third-order valence-electron chi connectivity index (χ3n) is 5.08. The van der Waals surface area contributed by atoms with Crippen LogP contribution in [0.15, 0.2) is 16.7 Å². The Morgan fingerprint density at radius 2 is 2.36 bits per heavy atom. The van der Waals surface area contributed by atoms with Gasteiger partial charge in [-0.25, -0.2) is 0 Å². The normalized spacial score (nSPS) is 19.4. The molecule has 0 radical (unpaired) electrons. The number of hydrogen-bond acceptors (Lipinski definition) is 5. The molecule has 2 N–H and O–H groups in total. The van der Waals surface area contributed by atoms with Crippen LogP contribution in [0.3, 0.4) is 0 Å². The first-order chi connectivity index (χ1) is 12.0. The minimum atomic E-state index is -0.303. The number of anilines is 1. The molecule has 0 aromatic carbocycles. The molecule has 7 nitrogen and oxygen atoms in total. The lowest BCUT2D eigenvalue weighted by Gasteiger charge is -2.35. The van der Waals surface area contributed by atoms with Gasteiger partial charge in [0.1, 0.15) is 17.4 Å². The molecule has 2 aromatic rings. The molecule has 2 aromatic heterocycles. The lowest BCUT2D eigenvalue weighted by molar-refractivity contribution is -0.121. The number of carbonyl (C=O) groups excluding carboxylic acids is 1. The average Bonchev–Trinajstić information content (AvgIpc) is 3.24. The van der Waals surface area contributed by atoms with E-state index in [0.29, 0.717) is 17.2 Å². The zero-order chi connectivity index (χ0) is 18.0. The predicted octanol–water partition coefficient (Wildman–Crippen LogP) is 2.70. The molecule has 0 aliphatic carbocycles. The van der Waals surface area contributed by atoms with Gasteiger partial charge < -0.3 is 4.42 Å². The van der Waals surface area contributed by atoms with E-state index < -0.39 is 0 Å². The molecule has 7 heteroatoms. The van der Waals surface area contributed by atoms with E-state index in [-0.39, 0.29) is 17.8 Å². The number of amides is 1. The van der Waals surface area contributed by atoms with Crippen molar-refractivity contribution in [2.24, 2.45) is 0 Å². The second kappa shape index (κ2) is 7.11. The van der Waals surface area contributed by atoms with Crippen molar-refractivity contribution in [1.82, 2.24) is 15.1 Å². The summed E-state index contributed by atoms with van der Waals surface area (Å²) in [6.07, 6.45) is 3.88. The van der Waals surface area contributed by atoms with Crippen molar-refractivity contribution in [2.45, 2.75) is 45.6 Å². The number of carbonyl (C=O) groups is 1. The van der Waals surface area contributed by atoms with Crippen molar-refractivity contribution < 1.29 is 9.21 Å². The molecule has 3 heterocycles. The number of rotatable bonds is 4. The monoisotopic (exact) mass is 341 g/mol. The van der Waals surface area contributed by atoms with Crippen LogP contribution in [0.5, 0.6) is 0 Å². The first kappa shape index (κ1) is 17.2. The van der Waals surface area contributed by atoms with E-state index in [0.717, 1.165) is 37.2 Å². The van der Waals surface area contributed by atoms with Gasteiger partial charge in [-0.3, -0.25) is 20.1 Å². The molecule has 1 amide bonds. The highest BCUT2D eigenvalue weighted by molar-refractivity contribution is 5.94. The number of nitrogens with one attached hydrogen (secondary N) is 2. The number of furan rings is 1. The molecule has 1 fully saturated rings. The maximum Gasteiger partial charge on any atom is 0.243 e. The highest BCUT2D eigenvalue weighted by Crippen LogP contribution is 2.28. The molecule has 1 aliphatic rings. The smallest absolute Gasteiger partial charge is 0.243 e. The Labute approximate surface area is 147 Å². The van der Waals surface area contributed by atoms with E-state index in [4.69, 9.17) is 4.42 Å².